The molecule has 0 saturated carbocycles. The highest BCUT2D eigenvalue weighted by Gasteiger charge is 2.45. The second kappa shape index (κ2) is 10.7. The van der Waals surface area contributed by atoms with Crippen molar-refractivity contribution in [3.63, 3.8) is 0 Å². The summed E-state index contributed by atoms with van der Waals surface area (Å²) in [5.74, 6) is -0.548. The van der Waals surface area contributed by atoms with Gasteiger partial charge in [-0.05, 0) is 55.8 Å². The number of halogens is 1. The van der Waals surface area contributed by atoms with Crippen molar-refractivity contribution in [2.45, 2.75) is 19.9 Å². The van der Waals surface area contributed by atoms with E-state index in [2.05, 4.69) is 0 Å². The van der Waals surface area contributed by atoms with Gasteiger partial charge in [0.25, 0.3) is 5.91 Å². The number of Topliss-reactive ketones (excluding diaryl/α,β-unsaturated/α-hetero) is 1. The minimum atomic E-state index is -0.948. The fourth-order valence-electron chi connectivity index (χ4n) is 4.70. The number of amides is 1. The summed E-state index contributed by atoms with van der Waals surface area (Å²) >= 11 is 6.19. The number of hydrogen-bond acceptors (Lipinski definition) is 7. The Morgan fingerprint density at radius 2 is 1.72 bits per heavy atom. The lowest BCUT2D eigenvalue weighted by atomic mass is 9.94. The molecule has 8 nitrogen and oxygen atoms in total. The third kappa shape index (κ3) is 4.79. The Bertz CT molecular complexity index is 1590. The number of ketones is 1. The van der Waals surface area contributed by atoms with Crippen LogP contribution in [0.1, 0.15) is 36.0 Å². The van der Waals surface area contributed by atoms with Crippen molar-refractivity contribution < 1.29 is 33.3 Å². The van der Waals surface area contributed by atoms with Gasteiger partial charge in [0.1, 0.15) is 11.5 Å². The van der Waals surface area contributed by atoms with Crippen LogP contribution in [-0.2, 0) is 4.79 Å². The first kappa shape index (κ1) is 26.2. The summed E-state index contributed by atoms with van der Waals surface area (Å²) < 4.78 is 22.4. The quantitative estimate of drug-likeness (QED) is 0.233. The van der Waals surface area contributed by atoms with E-state index < -0.39 is 23.5 Å². The number of hydrogen-bond donors (Lipinski definition) is 1. The van der Waals surface area contributed by atoms with E-state index in [0.717, 1.165) is 0 Å². The first-order chi connectivity index (χ1) is 18.9. The Balaban J connectivity index is 1.64. The van der Waals surface area contributed by atoms with Crippen LogP contribution in [0.4, 0.5) is 5.69 Å². The van der Waals surface area contributed by atoms with Crippen molar-refractivity contribution in [1.82, 2.24) is 0 Å². The van der Waals surface area contributed by atoms with E-state index in [1.165, 1.54) is 18.1 Å². The number of fused-ring (bicyclic) bond motifs is 1. The first-order valence-corrected chi connectivity index (χ1v) is 12.8. The number of anilines is 1. The molecule has 5 rings (SSSR count). The van der Waals surface area contributed by atoms with E-state index in [1.54, 1.807) is 60.7 Å². The number of nitrogens with zero attached hydrogens (tertiary/aromatic N) is 1. The van der Waals surface area contributed by atoms with E-state index in [-0.39, 0.29) is 11.3 Å². The lowest BCUT2D eigenvalue weighted by Gasteiger charge is -2.27. The van der Waals surface area contributed by atoms with Crippen molar-refractivity contribution in [2.75, 3.05) is 25.2 Å². The predicted octanol–water partition coefficient (Wildman–Crippen LogP) is 6.68. The number of benzene rings is 3. The van der Waals surface area contributed by atoms with Crippen LogP contribution < -0.4 is 19.1 Å². The molecule has 1 aromatic heterocycles. The van der Waals surface area contributed by atoms with Gasteiger partial charge in [0.2, 0.25) is 5.78 Å². The predicted molar refractivity (Wildman–Crippen MR) is 147 cm³/mol. The molecule has 1 N–H and O–H groups in total. The summed E-state index contributed by atoms with van der Waals surface area (Å²) in [4.78, 5) is 28.8. The molecule has 39 heavy (non-hydrogen) atoms. The van der Waals surface area contributed by atoms with E-state index in [9.17, 15) is 14.7 Å². The summed E-state index contributed by atoms with van der Waals surface area (Å²) in [5, 5.41) is 12.1. The SMILES string of the molecule is CCOc1ccc(C2C(C(=O)c3cc4cc(Cl)cc(OC)c4o3)=C(O)C(=O)N2c2cccc(OCC)c2)cc1. The molecule has 0 saturated heterocycles. The van der Waals surface area contributed by atoms with E-state index in [4.69, 9.17) is 30.2 Å². The topological polar surface area (TPSA) is 98.4 Å². The van der Waals surface area contributed by atoms with Crippen LogP contribution in [0, 0.1) is 0 Å². The Labute approximate surface area is 229 Å². The van der Waals surface area contributed by atoms with Crippen LogP contribution in [0.5, 0.6) is 17.2 Å². The zero-order valence-electron chi connectivity index (χ0n) is 21.6. The first-order valence-electron chi connectivity index (χ1n) is 12.4. The fraction of sp³-hybridized carbons (Fsp3) is 0.200. The van der Waals surface area contributed by atoms with Gasteiger partial charge < -0.3 is 23.7 Å². The average molecular weight is 548 g/mol. The number of furan rings is 1. The molecule has 4 aromatic rings. The fourth-order valence-corrected chi connectivity index (χ4v) is 4.92. The monoisotopic (exact) mass is 547 g/mol. The van der Waals surface area contributed by atoms with Crippen LogP contribution in [-0.4, -0.2) is 37.1 Å². The Morgan fingerprint density at radius 1 is 1.00 bits per heavy atom. The van der Waals surface area contributed by atoms with Gasteiger partial charge in [0, 0.05) is 28.2 Å². The molecule has 1 atom stereocenters. The average Bonchev–Trinajstić information content (AvgIpc) is 3.47. The van der Waals surface area contributed by atoms with Crippen molar-refractivity contribution >= 4 is 39.9 Å². The molecule has 1 aliphatic rings. The van der Waals surface area contributed by atoms with Crippen LogP contribution in [0.2, 0.25) is 5.02 Å². The van der Waals surface area contributed by atoms with Crippen molar-refractivity contribution in [1.29, 1.82) is 0 Å². The van der Waals surface area contributed by atoms with Gasteiger partial charge in [-0.25, -0.2) is 0 Å². The van der Waals surface area contributed by atoms with Crippen LogP contribution in [0.3, 0.4) is 0 Å². The Morgan fingerprint density at radius 3 is 2.41 bits per heavy atom. The van der Waals surface area contributed by atoms with Gasteiger partial charge in [0.05, 0.1) is 31.9 Å². The molecule has 1 unspecified atom stereocenters. The normalized spacial score (nSPS) is 15.2. The molecule has 3 aromatic carbocycles. The summed E-state index contributed by atoms with van der Waals surface area (Å²) in [6, 6.07) is 17.7. The number of rotatable bonds is 9. The third-order valence-corrected chi connectivity index (χ3v) is 6.58. The highest BCUT2D eigenvalue weighted by molar-refractivity contribution is 6.31. The highest BCUT2D eigenvalue weighted by Crippen LogP contribution is 2.44. The van der Waals surface area contributed by atoms with Gasteiger partial charge in [-0.3, -0.25) is 14.5 Å². The number of aliphatic hydroxyl groups is 1. The zero-order chi connectivity index (χ0) is 27.7. The van der Waals surface area contributed by atoms with E-state index in [0.29, 0.717) is 57.7 Å². The van der Waals surface area contributed by atoms with Gasteiger partial charge in [-0.2, -0.15) is 0 Å². The second-order valence-electron chi connectivity index (χ2n) is 8.74. The maximum Gasteiger partial charge on any atom is 0.294 e. The molecule has 0 spiro atoms. The number of carbonyl (C=O) groups is 2. The molecule has 1 aliphatic heterocycles. The molecular weight excluding hydrogens is 522 g/mol. The third-order valence-electron chi connectivity index (χ3n) is 6.36. The van der Waals surface area contributed by atoms with Gasteiger partial charge in [0.15, 0.2) is 22.9 Å². The van der Waals surface area contributed by atoms with Gasteiger partial charge >= 0.3 is 0 Å². The van der Waals surface area contributed by atoms with Crippen LogP contribution in [0.25, 0.3) is 11.0 Å². The largest absolute Gasteiger partial charge is 0.503 e. The standard InChI is InChI=1S/C30H26ClNO7/c1-4-37-21-11-9-17(10-12-21)26-25(27(33)23-14-18-13-19(31)15-24(36-3)29(18)39-23)28(34)30(35)32(26)20-7-6-8-22(16-20)38-5-2/h6-16,26,34H,4-5H2,1-3H3. The van der Waals surface area contributed by atoms with E-state index >= 15 is 0 Å². The minimum Gasteiger partial charge on any atom is -0.503 e. The molecule has 0 fully saturated rings. The number of aliphatic hydroxyl groups excluding tert-OH is 1. The minimum absolute atomic E-state index is 0.0687. The molecule has 0 aliphatic carbocycles. The summed E-state index contributed by atoms with van der Waals surface area (Å²) in [6.07, 6.45) is 0. The van der Waals surface area contributed by atoms with E-state index in [1.807, 2.05) is 13.8 Å². The summed E-state index contributed by atoms with van der Waals surface area (Å²) in [7, 11) is 1.47. The van der Waals surface area contributed by atoms with Crippen LogP contribution in [0.15, 0.2) is 82.5 Å². The molecule has 0 radical (unpaired) electrons. The smallest absolute Gasteiger partial charge is 0.294 e. The maximum absolute atomic E-state index is 13.9. The van der Waals surface area contributed by atoms with Crippen molar-refractivity contribution in [2.24, 2.45) is 0 Å². The number of methoxy groups -OCH3 is 1. The molecule has 1 amide bonds. The van der Waals surface area contributed by atoms with Crippen molar-refractivity contribution in [3.05, 3.63) is 94.4 Å². The van der Waals surface area contributed by atoms with Crippen LogP contribution >= 0.6 is 11.6 Å². The summed E-state index contributed by atoms with van der Waals surface area (Å²) in [6.45, 7) is 4.66. The number of ether oxygens (including phenoxy) is 3. The molecule has 0 bridgehead atoms. The number of carbonyl (C=O) groups excluding carboxylic acids is 2. The molecule has 200 valence electrons. The Hall–Kier alpha value is -4.43. The van der Waals surface area contributed by atoms with Crippen molar-refractivity contribution in [3.8, 4) is 17.2 Å². The zero-order valence-corrected chi connectivity index (χ0v) is 22.3. The van der Waals surface area contributed by atoms with Gasteiger partial charge in [-0.1, -0.05) is 29.8 Å². The Kier molecular flexibility index (Phi) is 7.21. The lowest BCUT2D eigenvalue weighted by molar-refractivity contribution is -0.117. The highest BCUT2D eigenvalue weighted by atomic mass is 35.5. The molecule has 9 heteroatoms. The maximum atomic E-state index is 13.9. The molecule has 2 heterocycles. The summed E-state index contributed by atoms with van der Waals surface area (Å²) in [5.41, 5.74) is 1.26. The second-order valence-corrected chi connectivity index (χ2v) is 9.18. The molecular formula is C30H26ClNO7. The van der Waals surface area contributed by atoms with Gasteiger partial charge in [-0.15, -0.1) is 0 Å². The lowest BCUT2D eigenvalue weighted by Crippen LogP contribution is -2.31.